The van der Waals surface area contributed by atoms with E-state index in [1.165, 1.54) is 0 Å². The highest BCUT2D eigenvalue weighted by Gasteiger charge is 2.24. The van der Waals surface area contributed by atoms with Crippen LogP contribution in [0, 0.1) is 0 Å². The normalized spacial score (nSPS) is 14.3. The molecule has 0 spiro atoms. The number of piperazine rings is 1. The minimum absolute atomic E-state index is 0.0983. The number of H-pyrrole nitrogens is 1. The Morgan fingerprint density at radius 2 is 1.79 bits per heavy atom. The number of nitrogens with zero attached hydrogens (tertiary/aromatic N) is 4. The van der Waals surface area contributed by atoms with E-state index < -0.39 is 0 Å². The fraction of sp³-hybridized carbons (Fsp3) is 0.400. The van der Waals surface area contributed by atoms with Gasteiger partial charge in [0, 0.05) is 37.9 Å². The Bertz CT molecular complexity index is 1150. The molecule has 174 valence electrons. The molecule has 2 heterocycles. The first-order chi connectivity index (χ1) is 15.9. The van der Waals surface area contributed by atoms with Crippen LogP contribution in [0.5, 0.6) is 5.75 Å². The van der Waals surface area contributed by atoms with Crippen LogP contribution in [0.3, 0.4) is 0 Å². The predicted octanol–water partition coefficient (Wildman–Crippen LogP) is 2.49. The number of anilines is 1. The first kappa shape index (κ1) is 22.8. The van der Waals surface area contributed by atoms with Gasteiger partial charge in [-0.2, -0.15) is 0 Å². The van der Waals surface area contributed by atoms with E-state index in [-0.39, 0.29) is 24.1 Å². The van der Waals surface area contributed by atoms with Crippen LogP contribution in [-0.2, 0) is 11.3 Å². The number of amides is 1. The number of fused-ring (bicyclic) bond motifs is 1. The number of carbonyl (C=O) groups is 1. The van der Waals surface area contributed by atoms with E-state index in [1.54, 1.807) is 13.2 Å². The molecule has 4 rings (SSSR count). The van der Waals surface area contributed by atoms with E-state index in [1.807, 2.05) is 66.1 Å². The molecular weight excluding hydrogens is 418 g/mol. The number of aromatic nitrogens is 2. The summed E-state index contributed by atoms with van der Waals surface area (Å²) in [6.07, 6.45) is 0. The van der Waals surface area contributed by atoms with Gasteiger partial charge in [0.1, 0.15) is 11.6 Å². The summed E-state index contributed by atoms with van der Waals surface area (Å²) in [5.74, 6) is 1.51. The van der Waals surface area contributed by atoms with E-state index in [2.05, 4.69) is 14.9 Å². The van der Waals surface area contributed by atoms with Gasteiger partial charge >= 0.3 is 0 Å². The molecule has 33 heavy (non-hydrogen) atoms. The van der Waals surface area contributed by atoms with Gasteiger partial charge in [-0.25, -0.2) is 4.98 Å². The van der Waals surface area contributed by atoms with Crippen LogP contribution in [-0.4, -0.2) is 71.6 Å². The third kappa shape index (κ3) is 5.34. The number of benzene rings is 2. The average molecular weight is 450 g/mol. The van der Waals surface area contributed by atoms with Gasteiger partial charge in [-0.05, 0) is 50.2 Å². The van der Waals surface area contributed by atoms with Gasteiger partial charge in [0.2, 0.25) is 5.91 Å². The van der Waals surface area contributed by atoms with Gasteiger partial charge in [0.05, 0.1) is 31.1 Å². The van der Waals surface area contributed by atoms with Crippen molar-refractivity contribution in [3.63, 3.8) is 0 Å². The third-order valence-electron chi connectivity index (χ3n) is 6.15. The zero-order valence-electron chi connectivity index (χ0n) is 19.5. The SMILES string of the molecule is COc1ccc(N2CCN(C(=O)CN(Cc3nc4ccccc4c(=O)[nH]3)C(C)C)CC2)cc1. The topological polar surface area (TPSA) is 81.8 Å². The largest absolute Gasteiger partial charge is 0.497 e. The second kappa shape index (κ2) is 10.0. The van der Waals surface area contributed by atoms with Crippen LogP contribution in [0.25, 0.3) is 10.9 Å². The molecule has 0 atom stereocenters. The summed E-state index contributed by atoms with van der Waals surface area (Å²) in [7, 11) is 1.66. The van der Waals surface area contributed by atoms with Crippen LogP contribution < -0.4 is 15.2 Å². The fourth-order valence-electron chi connectivity index (χ4n) is 4.10. The average Bonchev–Trinajstić information content (AvgIpc) is 2.84. The molecule has 3 aromatic rings. The summed E-state index contributed by atoms with van der Waals surface area (Å²) in [6, 6.07) is 15.4. The number of methoxy groups -OCH3 is 1. The molecule has 1 fully saturated rings. The zero-order chi connectivity index (χ0) is 23.4. The Balaban J connectivity index is 1.37. The molecule has 8 heteroatoms. The molecule has 0 unspecified atom stereocenters. The van der Waals surface area contributed by atoms with Crippen molar-refractivity contribution in [1.29, 1.82) is 0 Å². The highest BCUT2D eigenvalue weighted by Crippen LogP contribution is 2.20. The number of rotatable bonds is 7. The molecule has 0 bridgehead atoms. The van der Waals surface area contributed by atoms with E-state index in [0.29, 0.717) is 36.4 Å². The molecule has 1 saturated heterocycles. The number of para-hydroxylation sites is 1. The molecule has 0 saturated carbocycles. The highest BCUT2D eigenvalue weighted by atomic mass is 16.5. The lowest BCUT2D eigenvalue weighted by atomic mass is 10.2. The number of nitrogens with one attached hydrogen (secondary N) is 1. The monoisotopic (exact) mass is 449 g/mol. The Morgan fingerprint density at radius 3 is 2.45 bits per heavy atom. The summed E-state index contributed by atoms with van der Waals surface area (Å²) in [6.45, 7) is 7.75. The Labute approximate surface area is 193 Å². The Kier molecular flexibility index (Phi) is 6.93. The van der Waals surface area contributed by atoms with Crippen LogP contribution >= 0.6 is 0 Å². The van der Waals surface area contributed by atoms with Crippen LogP contribution in [0.1, 0.15) is 19.7 Å². The first-order valence-corrected chi connectivity index (χ1v) is 11.3. The maximum atomic E-state index is 13.1. The second-order valence-electron chi connectivity index (χ2n) is 8.59. The molecule has 1 aliphatic heterocycles. The van der Waals surface area contributed by atoms with Gasteiger partial charge in [0.25, 0.3) is 5.56 Å². The van der Waals surface area contributed by atoms with Gasteiger partial charge in [-0.1, -0.05) is 12.1 Å². The van der Waals surface area contributed by atoms with Crippen molar-refractivity contribution in [2.24, 2.45) is 0 Å². The van der Waals surface area contributed by atoms with E-state index in [4.69, 9.17) is 4.74 Å². The number of aromatic amines is 1. The van der Waals surface area contributed by atoms with Gasteiger partial charge in [-0.3, -0.25) is 14.5 Å². The number of hydrogen-bond donors (Lipinski definition) is 1. The lowest BCUT2D eigenvalue weighted by Crippen LogP contribution is -2.52. The second-order valence-corrected chi connectivity index (χ2v) is 8.59. The number of ether oxygens (including phenoxy) is 1. The van der Waals surface area contributed by atoms with Crippen molar-refractivity contribution in [2.45, 2.75) is 26.4 Å². The van der Waals surface area contributed by atoms with E-state index in [9.17, 15) is 9.59 Å². The minimum atomic E-state index is -0.153. The molecule has 1 aliphatic rings. The van der Waals surface area contributed by atoms with Crippen molar-refractivity contribution >= 4 is 22.5 Å². The highest BCUT2D eigenvalue weighted by molar-refractivity contribution is 5.79. The molecule has 1 amide bonds. The molecular formula is C25H31N5O3. The molecule has 8 nitrogen and oxygen atoms in total. The van der Waals surface area contributed by atoms with Crippen molar-refractivity contribution in [3.8, 4) is 5.75 Å². The number of carbonyl (C=O) groups excluding carboxylic acids is 1. The maximum absolute atomic E-state index is 13.1. The first-order valence-electron chi connectivity index (χ1n) is 11.3. The number of hydrogen-bond acceptors (Lipinski definition) is 6. The Hall–Kier alpha value is -3.39. The van der Waals surface area contributed by atoms with Crippen LogP contribution in [0.2, 0.25) is 0 Å². The maximum Gasteiger partial charge on any atom is 0.258 e. The zero-order valence-corrected chi connectivity index (χ0v) is 19.5. The summed E-state index contributed by atoms with van der Waals surface area (Å²) in [5, 5.41) is 0.572. The van der Waals surface area contributed by atoms with Gasteiger partial charge < -0.3 is 19.5 Å². The van der Waals surface area contributed by atoms with Crippen molar-refractivity contribution in [1.82, 2.24) is 19.8 Å². The third-order valence-corrected chi connectivity index (χ3v) is 6.15. The van der Waals surface area contributed by atoms with Crippen LogP contribution in [0.15, 0.2) is 53.3 Å². The summed E-state index contributed by atoms with van der Waals surface area (Å²) in [4.78, 5) is 39.2. The van der Waals surface area contributed by atoms with E-state index >= 15 is 0 Å². The molecule has 0 aliphatic carbocycles. The molecule has 1 N–H and O–H groups in total. The predicted molar refractivity (Wildman–Crippen MR) is 130 cm³/mol. The molecule has 1 aromatic heterocycles. The quantitative estimate of drug-likeness (QED) is 0.597. The molecule has 0 radical (unpaired) electrons. The van der Waals surface area contributed by atoms with Crippen molar-refractivity contribution < 1.29 is 9.53 Å². The van der Waals surface area contributed by atoms with Crippen LogP contribution in [0.4, 0.5) is 5.69 Å². The minimum Gasteiger partial charge on any atom is -0.497 e. The summed E-state index contributed by atoms with van der Waals surface area (Å²) in [5.41, 5.74) is 1.65. The van der Waals surface area contributed by atoms with Gasteiger partial charge in [-0.15, -0.1) is 0 Å². The summed E-state index contributed by atoms with van der Waals surface area (Å²) < 4.78 is 5.23. The Morgan fingerprint density at radius 1 is 1.09 bits per heavy atom. The van der Waals surface area contributed by atoms with Crippen molar-refractivity contribution in [2.75, 3.05) is 44.7 Å². The molecule has 2 aromatic carbocycles. The van der Waals surface area contributed by atoms with E-state index in [0.717, 1.165) is 24.5 Å². The smallest absolute Gasteiger partial charge is 0.258 e. The standard InChI is InChI=1S/C25H31N5O3/c1-18(2)30(16-23-26-22-7-5-4-6-21(22)25(32)27-23)17-24(31)29-14-12-28(13-15-29)19-8-10-20(33-3)11-9-19/h4-11,18H,12-17H2,1-3H3,(H,26,27,32). The van der Waals surface area contributed by atoms with Gasteiger partial charge in [0.15, 0.2) is 0 Å². The summed E-state index contributed by atoms with van der Waals surface area (Å²) >= 11 is 0. The fourth-order valence-corrected chi connectivity index (χ4v) is 4.10. The van der Waals surface area contributed by atoms with Crippen molar-refractivity contribution in [3.05, 3.63) is 64.7 Å². The lowest BCUT2D eigenvalue weighted by Gasteiger charge is -2.37. The lowest BCUT2D eigenvalue weighted by molar-refractivity contribution is -0.133.